The lowest BCUT2D eigenvalue weighted by Crippen LogP contribution is -2.26. The Bertz CT molecular complexity index is 174. The summed E-state index contributed by atoms with van der Waals surface area (Å²) in [6.45, 7) is 9.25. The van der Waals surface area contributed by atoms with Crippen LogP contribution in [0.1, 0.15) is 34.6 Å². The Hall–Kier alpha value is -0.0200. The van der Waals surface area contributed by atoms with Crippen LogP contribution in [-0.4, -0.2) is 28.0 Å². The van der Waals surface area contributed by atoms with E-state index in [-0.39, 0.29) is 11.2 Å². The average Bonchev–Trinajstić information content (AvgIpc) is 1.82. The molecule has 0 atom stereocenters. The second-order valence-electron chi connectivity index (χ2n) is 4.98. The Balaban J connectivity index is 3.74. The van der Waals surface area contributed by atoms with Gasteiger partial charge in [-0.05, 0) is 13.8 Å². The lowest BCUT2D eigenvalue weighted by atomic mass is 9.92. The summed E-state index contributed by atoms with van der Waals surface area (Å²) in [5, 5.41) is 9.40. The smallest absolute Gasteiger partial charge is 0.148 e. The van der Waals surface area contributed by atoms with E-state index in [1.165, 1.54) is 11.8 Å². The highest BCUT2D eigenvalue weighted by Crippen LogP contribution is 2.19. The van der Waals surface area contributed by atoms with Gasteiger partial charge in [0.2, 0.25) is 0 Å². The quantitative estimate of drug-likeness (QED) is 0.762. The molecule has 78 valence electrons. The van der Waals surface area contributed by atoms with Crippen molar-refractivity contribution in [3.05, 3.63) is 0 Å². The normalized spacial score (nSPS) is 13.1. The molecular weight excluding hydrogens is 184 g/mol. The van der Waals surface area contributed by atoms with Gasteiger partial charge in [-0.25, -0.2) is 0 Å². The molecule has 13 heavy (non-hydrogen) atoms. The lowest BCUT2D eigenvalue weighted by molar-refractivity contribution is -0.123. The van der Waals surface area contributed by atoms with Crippen molar-refractivity contribution < 1.29 is 9.90 Å². The van der Waals surface area contributed by atoms with Gasteiger partial charge in [-0.1, -0.05) is 20.8 Å². The Labute approximate surface area is 85.1 Å². The van der Waals surface area contributed by atoms with Gasteiger partial charge in [-0.15, -0.1) is 0 Å². The summed E-state index contributed by atoms with van der Waals surface area (Å²) in [6, 6.07) is 0. The Morgan fingerprint density at radius 3 is 2.00 bits per heavy atom. The van der Waals surface area contributed by atoms with Crippen LogP contribution in [0.15, 0.2) is 0 Å². The Kier molecular flexibility index (Phi) is 4.46. The van der Waals surface area contributed by atoms with Crippen molar-refractivity contribution in [3.8, 4) is 0 Å². The van der Waals surface area contributed by atoms with E-state index in [0.717, 1.165) is 0 Å². The van der Waals surface area contributed by atoms with Crippen LogP contribution in [0.25, 0.3) is 0 Å². The van der Waals surface area contributed by atoms with E-state index in [0.29, 0.717) is 11.5 Å². The number of carbonyl (C=O) groups excluding carboxylic acids is 1. The van der Waals surface area contributed by atoms with Crippen LogP contribution >= 0.6 is 11.8 Å². The number of thioether (sulfide) groups is 1. The first kappa shape index (κ1) is 13.0. The zero-order valence-corrected chi connectivity index (χ0v) is 9.99. The highest BCUT2D eigenvalue weighted by atomic mass is 32.2. The molecule has 0 saturated heterocycles. The van der Waals surface area contributed by atoms with Gasteiger partial charge in [0.1, 0.15) is 5.78 Å². The van der Waals surface area contributed by atoms with Gasteiger partial charge in [0, 0.05) is 11.2 Å². The first-order chi connectivity index (χ1) is 5.63. The fourth-order valence-electron chi connectivity index (χ4n) is 0.610. The molecule has 3 heteroatoms. The molecule has 0 bridgehead atoms. The summed E-state index contributed by atoms with van der Waals surface area (Å²) >= 11 is 1.50. The molecule has 1 N–H and O–H groups in total. The highest BCUT2D eigenvalue weighted by molar-refractivity contribution is 8.00. The second-order valence-corrected chi connectivity index (χ2v) is 5.96. The third kappa shape index (κ3) is 7.08. The van der Waals surface area contributed by atoms with Crippen molar-refractivity contribution in [2.45, 2.75) is 40.2 Å². The maximum absolute atomic E-state index is 11.4. The summed E-state index contributed by atoms with van der Waals surface area (Å²) in [5.41, 5.74) is -0.935. The molecule has 0 aromatic carbocycles. The number of hydrogen-bond acceptors (Lipinski definition) is 3. The average molecular weight is 204 g/mol. The minimum absolute atomic E-state index is 0.238. The van der Waals surface area contributed by atoms with E-state index in [1.807, 2.05) is 20.8 Å². The van der Waals surface area contributed by atoms with Gasteiger partial charge in [0.15, 0.2) is 0 Å². The van der Waals surface area contributed by atoms with Gasteiger partial charge in [0.05, 0.1) is 11.4 Å². The van der Waals surface area contributed by atoms with Crippen LogP contribution in [-0.2, 0) is 4.79 Å². The predicted molar refractivity (Wildman–Crippen MR) is 58.1 cm³/mol. The SMILES string of the molecule is CC(C)(O)CSCC(=O)C(C)(C)C. The van der Waals surface area contributed by atoms with Crippen LogP contribution in [0.2, 0.25) is 0 Å². The molecule has 0 aromatic heterocycles. The third-order valence-electron chi connectivity index (χ3n) is 1.52. The summed E-state index contributed by atoms with van der Waals surface area (Å²) in [4.78, 5) is 11.4. The zero-order chi connectivity index (χ0) is 10.7. The van der Waals surface area contributed by atoms with E-state index in [9.17, 15) is 9.90 Å². The molecule has 2 nitrogen and oxygen atoms in total. The molecule has 0 radical (unpaired) electrons. The maximum Gasteiger partial charge on any atom is 0.148 e. The van der Waals surface area contributed by atoms with Crippen LogP contribution < -0.4 is 0 Å². The van der Waals surface area contributed by atoms with Gasteiger partial charge >= 0.3 is 0 Å². The van der Waals surface area contributed by atoms with Crippen molar-refractivity contribution >= 4 is 17.5 Å². The summed E-state index contributed by atoms with van der Waals surface area (Å²) in [7, 11) is 0. The van der Waals surface area contributed by atoms with Crippen molar-refractivity contribution in [1.82, 2.24) is 0 Å². The molecule has 0 aromatic rings. The summed E-state index contributed by atoms with van der Waals surface area (Å²) in [5.74, 6) is 1.34. The number of rotatable bonds is 4. The Morgan fingerprint density at radius 1 is 1.23 bits per heavy atom. The van der Waals surface area contributed by atoms with Crippen molar-refractivity contribution in [2.24, 2.45) is 5.41 Å². The molecular formula is C10H20O2S. The fourth-order valence-corrected chi connectivity index (χ4v) is 1.83. The molecule has 0 unspecified atom stereocenters. The predicted octanol–water partition coefficient (Wildman–Crippen LogP) is 2.11. The topological polar surface area (TPSA) is 37.3 Å². The highest BCUT2D eigenvalue weighted by Gasteiger charge is 2.22. The zero-order valence-electron chi connectivity index (χ0n) is 9.18. The molecule has 0 rings (SSSR count). The molecule has 0 heterocycles. The number of ketones is 1. The molecule has 0 saturated carbocycles. The van der Waals surface area contributed by atoms with Gasteiger partial charge in [-0.2, -0.15) is 11.8 Å². The van der Waals surface area contributed by atoms with Crippen molar-refractivity contribution in [2.75, 3.05) is 11.5 Å². The second kappa shape index (κ2) is 4.47. The van der Waals surface area contributed by atoms with Crippen molar-refractivity contribution in [3.63, 3.8) is 0 Å². The van der Waals surface area contributed by atoms with Crippen LogP contribution in [0, 0.1) is 5.41 Å². The largest absolute Gasteiger partial charge is 0.390 e. The van der Waals surface area contributed by atoms with E-state index in [1.54, 1.807) is 13.8 Å². The lowest BCUT2D eigenvalue weighted by Gasteiger charge is -2.19. The van der Waals surface area contributed by atoms with Gasteiger partial charge in [0.25, 0.3) is 0 Å². The van der Waals surface area contributed by atoms with E-state index < -0.39 is 5.60 Å². The monoisotopic (exact) mass is 204 g/mol. The van der Waals surface area contributed by atoms with E-state index in [2.05, 4.69) is 0 Å². The molecule has 0 aliphatic heterocycles. The fraction of sp³-hybridized carbons (Fsp3) is 0.900. The molecule has 0 fully saturated rings. The van der Waals surface area contributed by atoms with Crippen LogP contribution in [0.4, 0.5) is 0 Å². The summed E-state index contributed by atoms with van der Waals surface area (Å²) in [6.07, 6.45) is 0. The molecule has 0 spiro atoms. The maximum atomic E-state index is 11.4. The molecule has 0 aliphatic rings. The minimum Gasteiger partial charge on any atom is -0.390 e. The van der Waals surface area contributed by atoms with Gasteiger partial charge in [-0.3, -0.25) is 4.79 Å². The number of carbonyl (C=O) groups is 1. The van der Waals surface area contributed by atoms with Crippen LogP contribution in [0.3, 0.4) is 0 Å². The minimum atomic E-state index is -0.678. The molecule has 0 aliphatic carbocycles. The van der Waals surface area contributed by atoms with Crippen molar-refractivity contribution in [1.29, 1.82) is 0 Å². The third-order valence-corrected chi connectivity index (χ3v) is 2.90. The Morgan fingerprint density at radius 2 is 1.69 bits per heavy atom. The number of aliphatic hydroxyl groups is 1. The van der Waals surface area contributed by atoms with Crippen LogP contribution in [0.5, 0.6) is 0 Å². The number of hydrogen-bond donors (Lipinski definition) is 1. The first-order valence-electron chi connectivity index (χ1n) is 4.46. The van der Waals surface area contributed by atoms with E-state index >= 15 is 0 Å². The van der Waals surface area contributed by atoms with E-state index in [4.69, 9.17) is 0 Å². The molecule has 0 amide bonds. The first-order valence-corrected chi connectivity index (χ1v) is 5.62. The summed E-state index contributed by atoms with van der Waals surface area (Å²) < 4.78 is 0. The van der Waals surface area contributed by atoms with Gasteiger partial charge < -0.3 is 5.11 Å². The number of Topliss-reactive ketones (excluding diaryl/α,β-unsaturated/α-hetero) is 1. The standard InChI is InChI=1S/C10H20O2S/c1-9(2,3)8(11)6-13-7-10(4,5)12/h12H,6-7H2,1-5H3.